The van der Waals surface area contributed by atoms with Crippen molar-refractivity contribution < 1.29 is 19.1 Å². The number of carbonyl (C=O) groups is 2. The number of hydrogen-bond acceptors (Lipinski definition) is 6. The van der Waals surface area contributed by atoms with Gasteiger partial charge in [-0.05, 0) is 43.3 Å². The molecule has 0 unspecified atom stereocenters. The zero-order valence-corrected chi connectivity index (χ0v) is 16.9. The van der Waals surface area contributed by atoms with Gasteiger partial charge in [-0.3, -0.25) is 9.69 Å². The SMILES string of the molecule is CCN(C(=O)c1ccc(C(=O)OC)s1)c1ccc(-c2ccccc2OC)s1. The predicted molar refractivity (Wildman–Crippen MR) is 109 cm³/mol. The minimum Gasteiger partial charge on any atom is -0.496 e. The van der Waals surface area contributed by atoms with E-state index >= 15 is 0 Å². The first kappa shape index (κ1) is 19.1. The normalized spacial score (nSPS) is 10.5. The van der Waals surface area contributed by atoms with Crippen molar-refractivity contribution in [2.45, 2.75) is 6.92 Å². The summed E-state index contributed by atoms with van der Waals surface area (Å²) in [6.07, 6.45) is 0. The quantitative estimate of drug-likeness (QED) is 0.549. The maximum Gasteiger partial charge on any atom is 0.348 e. The molecule has 0 atom stereocenters. The first-order valence-electron chi connectivity index (χ1n) is 8.32. The topological polar surface area (TPSA) is 55.8 Å². The van der Waals surface area contributed by atoms with Crippen molar-refractivity contribution in [2.75, 3.05) is 25.7 Å². The van der Waals surface area contributed by atoms with Gasteiger partial charge in [0.05, 0.1) is 24.1 Å². The van der Waals surface area contributed by atoms with Crippen LogP contribution in [0.1, 0.15) is 26.3 Å². The zero-order chi connectivity index (χ0) is 19.4. The second-order valence-electron chi connectivity index (χ2n) is 5.54. The second-order valence-corrected chi connectivity index (χ2v) is 7.69. The number of thiophene rings is 2. The van der Waals surface area contributed by atoms with E-state index in [1.807, 2.05) is 43.3 Å². The van der Waals surface area contributed by atoms with Crippen LogP contribution < -0.4 is 9.64 Å². The molecule has 3 rings (SSSR count). The van der Waals surface area contributed by atoms with Crippen LogP contribution in [0, 0.1) is 0 Å². The highest BCUT2D eigenvalue weighted by Gasteiger charge is 2.22. The Kier molecular flexibility index (Phi) is 5.93. The van der Waals surface area contributed by atoms with Crippen molar-refractivity contribution in [2.24, 2.45) is 0 Å². The molecule has 2 heterocycles. The summed E-state index contributed by atoms with van der Waals surface area (Å²) in [5, 5.41) is 0.844. The van der Waals surface area contributed by atoms with E-state index in [0.29, 0.717) is 16.3 Å². The second kappa shape index (κ2) is 8.37. The first-order valence-corrected chi connectivity index (χ1v) is 9.95. The van der Waals surface area contributed by atoms with Crippen molar-refractivity contribution in [3.63, 3.8) is 0 Å². The highest BCUT2D eigenvalue weighted by atomic mass is 32.1. The van der Waals surface area contributed by atoms with Crippen LogP contribution in [0.15, 0.2) is 48.5 Å². The van der Waals surface area contributed by atoms with Crippen LogP contribution >= 0.6 is 22.7 Å². The van der Waals surface area contributed by atoms with Gasteiger partial charge in [0.2, 0.25) is 0 Å². The van der Waals surface area contributed by atoms with Crippen molar-refractivity contribution in [1.29, 1.82) is 0 Å². The highest BCUT2D eigenvalue weighted by Crippen LogP contribution is 2.38. The van der Waals surface area contributed by atoms with Crippen molar-refractivity contribution in [1.82, 2.24) is 0 Å². The molecule has 0 N–H and O–H groups in total. The lowest BCUT2D eigenvalue weighted by atomic mass is 10.1. The Morgan fingerprint density at radius 2 is 1.70 bits per heavy atom. The summed E-state index contributed by atoms with van der Waals surface area (Å²) in [7, 11) is 2.97. The van der Waals surface area contributed by atoms with E-state index in [1.54, 1.807) is 24.1 Å². The Morgan fingerprint density at radius 3 is 2.41 bits per heavy atom. The molecule has 7 heteroatoms. The van der Waals surface area contributed by atoms with Gasteiger partial charge in [0.1, 0.15) is 10.6 Å². The molecule has 0 aliphatic heterocycles. The van der Waals surface area contributed by atoms with E-state index in [9.17, 15) is 9.59 Å². The molecular formula is C20H19NO4S2. The van der Waals surface area contributed by atoms with Crippen LogP contribution in [0.3, 0.4) is 0 Å². The fourth-order valence-electron chi connectivity index (χ4n) is 2.66. The summed E-state index contributed by atoms with van der Waals surface area (Å²) < 4.78 is 10.1. The van der Waals surface area contributed by atoms with Crippen molar-refractivity contribution in [3.8, 4) is 16.2 Å². The first-order chi connectivity index (χ1) is 13.1. The number of methoxy groups -OCH3 is 2. The summed E-state index contributed by atoms with van der Waals surface area (Å²) in [6, 6.07) is 15.0. The molecule has 140 valence electrons. The predicted octanol–water partition coefficient (Wildman–Crippen LogP) is 4.94. The highest BCUT2D eigenvalue weighted by molar-refractivity contribution is 7.20. The van der Waals surface area contributed by atoms with Crippen LogP contribution in [-0.4, -0.2) is 32.6 Å². The molecule has 3 aromatic rings. The number of rotatable bonds is 6. The minimum atomic E-state index is -0.434. The third-order valence-electron chi connectivity index (χ3n) is 4.00. The number of ether oxygens (including phenoxy) is 2. The summed E-state index contributed by atoms with van der Waals surface area (Å²) in [5.74, 6) is 0.226. The van der Waals surface area contributed by atoms with Gasteiger partial charge in [0.15, 0.2) is 0 Å². The smallest absolute Gasteiger partial charge is 0.348 e. The number of hydrogen-bond donors (Lipinski definition) is 0. The molecule has 2 aromatic heterocycles. The fourth-order valence-corrected chi connectivity index (χ4v) is 4.63. The lowest BCUT2D eigenvalue weighted by Gasteiger charge is -2.18. The van der Waals surface area contributed by atoms with Gasteiger partial charge in [-0.2, -0.15) is 0 Å². The standard InChI is InChI=1S/C20H19NO4S2/c1-4-21(19(22)16-9-10-17(26-16)20(23)25-3)18-12-11-15(27-18)13-7-5-6-8-14(13)24-2/h5-12H,4H2,1-3H3. The van der Waals surface area contributed by atoms with E-state index in [-0.39, 0.29) is 5.91 Å². The fraction of sp³-hybridized carbons (Fsp3) is 0.200. The zero-order valence-electron chi connectivity index (χ0n) is 15.2. The number of benzene rings is 1. The number of amides is 1. The monoisotopic (exact) mass is 401 g/mol. The molecule has 0 saturated heterocycles. The Labute approximate surface area is 165 Å². The molecule has 27 heavy (non-hydrogen) atoms. The molecule has 0 aliphatic rings. The maximum atomic E-state index is 12.9. The number of nitrogens with zero attached hydrogens (tertiary/aromatic N) is 1. The number of esters is 1. The molecule has 0 spiro atoms. The molecule has 0 fully saturated rings. The molecular weight excluding hydrogens is 382 g/mol. The molecule has 1 aromatic carbocycles. The lowest BCUT2D eigenvalue weighted by molar-refractivity contribution is 0.0606. The van der Waals surface area contributed by atoms with Crippen LogP contribution in [0.25, 0.3) is 10.4 Å². The largest absolute Gasteiger partial charge is 0.496 e. The van der Waals surface area contributed by atoms with Gasteiger partial charge < -0.3 is 9.47 Å². The Hall–Kier alpha value is -2.64. The third kappa shape index (κ3) is 3.89. The van der Waals surface area contributed by atoms with E-state index in [0.717, 1.165) is 32.5 Å². The number of carbonyl (C=O) groups excluding carboxylic acids is 2. The third-order valence-corrected chi connectivity index (χ3v) is 6.19. The Morgan fingerprint density at radius 1 is 0.963 bits per heavy atom. The molecule has 0 saturated carbocycles. The van der Waals surface area contributed by atoms with Gasteiger partial charge in [-0.1, -0.05) is 12.1 Å². The average molecular weight is 402 g/mol. The van der Waals surface area contributed by atoms with Crippen molar-refractivity contribution in [3.05, 3.63) is 58.3 Å². The summed E-state index contributed by atoms with van der Waals surface area (Å²) >= 11 is 2.67. The van der Waals surface area contributed by atoms with E-state index in [4.69, 9.17) is 9.47 Å². The van der Waals surface area contributed by atoms with Gasteiger partial charge in [-0.15, -0.1) is 22.7 Å². The summed E-state index contributed by atoms with van der Waals surface area (Å²) in [4.78, 5) is 28.2. The molecule has 0 bridgehead atoms. The van der Waals surface area contributed by atoms with Gasteiger partial charge >= 0.3 is 5.97 Å². The van der Waals surface area contributed by atoms with E-state index in [1.165, 1.54) is 18.4 Å². The summed E-state index contributed by atoms with van der Waals surface area (Å²) in [6.45, 7) is 2.45. The van der Waals surface area contributed by atoms with Gasteiger partial charge in [0.25, 0.3) is 5.91 Å². The van der Waals surface area contributed by atoms with E-state index < -0.39 is 5.97 Å². The minimum absolute atomic E-state index is 0.133. The van der Waals surface area contributed by atoms with Gasteiger partial charge in [0, 0.05) is 17.0 Å². The Balaban J connectivity index is 1.88. The number of para-hydroxylation sites is 1. The average Bonchev–Trinajstić information content (AvgIpc) is 3.38. The van der Waals surface area contributed by atoms with E-state index in [2.05, 4.69) is 0 Å². The Bertz CT molecular complexity index is 960. The maximum absolute atomic E-state index is 12.9. The summed E-state index contributed by atoms with van der Waals surface area (Å²) in [5.41, 5.74) is 0.990. The molecule has 1 amide bonds. The van der Waals surface area contributed by atoms with Crippen LogP contribution in [0.4, 0.5) is 5.00 Å². The molecule has 5 nitrogen and oxygen atoms in total. The molecule has 0 aliphatic carbocycles. The molecule has 0 radical (unpaired) electrons. The van der Waals surface area contributed by atoms with Crippen LogP contribution in [-0.2, 0) is 4.74 Å². The van der Waals surface area contributed by atoms with Crippen LogP contribution in [0.2, 0.25) is 0 Å². The van der Waals surface area contributed by atoms with Gasteiger partial charge in [-0.25, -0.2) is 4.79 Å². The van der Waals surface area contributed by atoms with Crippen molar-refractivity contribution >= 4 is 39.6 Å². The number of anilines is 1. The lowest BCUT2D eigenvalue weighted by Crippen LogP contribution is -2.29. The van der Waals surface area contributed by atoms with Crippen LogP contribution in [0.5, 0.6) is 5.75 Å².